The third-order valence-corrected chi connectivity index (χ3v) is 7.90. The third kappa shape index (κ3) is 6.30. The Labute approximate surface area is 245 Å². The number of piperidine rings is 1. The van der Waals surface area contributed by atoms with Crippen LogP contribution in [0.25, 0.3) is 0 Å². The van der Waals surface area contributed by atoms with E-state index in [1.54, 1.807) is 13.0 Å². The molecule has 0 spiro atoms. The number of carbonyl (C=O) groups is 3. The lowest BCUT2D eigenvalue weighted by Gasteiger charge is -2.40. The van der Waals surface area contributed by atoms with Gasteiger partial charge < -0.3 is 24.4 Å². The van der Waals surface area contributed by atoms with Crippen molar-refractivity contribution in [3.05, 3.63) is 82.8 Å². The number of carbonyl (C=O) groups excluding carboxylic acids is 3. The number of hydrogen-bond acceptors (Lipinski definition) is 8. The van der Waals surface area contributed by atoms with Gasteiger partial charge in [0.25, 0.3) is 0 Å². The molecule has 2 aromatic rings. The van der Waals surface area contributed by atoms with Gasteiger partial charge in [-0.3, -0.25) is 4.79 Å². The van der Waals surface area contributed by atoms with Gasteiger partial charge in [-0.25, -0.2) is 23.9 Å². The number of halogens is 1. The van der Waals surface area contributed by atoms with Crippen molar-refractivity contribution >= 4 is 24.0 Å². The lowest BCUT2D eigenvalue weighted by molar-refractivity contribution is -0.149. The number of benzene rings is 2. The average molecular weight is 581 g/mol. The lowest BCUT2D eigenvalue weighted by atomic mass is 9.72. The third-order valence-electron chi connectivity index (χ3n) is 7.90. The molecular formula is C31H37FN4O6. The number of allylic oxidation sites excluding steroid dienone is 1. The van der Waals surface area contributed by atoms with Crippen molar-refractivity contribution in [1.82, 2.24) is 15.1 Å². The standard InChI is InChI=1S/C31H37FN4O6/c1-21-25(27(37)40-2)26(22-10-8-13-24(32)20-22)36(30(34-21)42-4)29(39)33-16-9-17-35-18-14-31(15-19-35,28(38)41-3)23-11-6-5-7-12-23/h5-8,10-13,20,26H,9,14-19H2,1-4H3,(H,33,39). The molecule has 1 fully saturated rings. The van der Waals surface area contributed by atoms with E-state index in [0.717, 1.165) is 5.56 Å². The number of amidine groups is 1. The van der Waals surface area contributed by atoms with Crippen LogP contribution in [0.2, 0.25) is 0 Å². The number of nitrogens with zero attached hydrogens (tertiary/aromatic N) is 3. The summed E-state index contributed by atoms with van der Waals surface area (Å²) in [7, 11) is 4.04. The van der Waals surface area contributed by atoms with Gasteiger partial charge in [0.05, 0.1) is 38.0 Å². The first kappa shape index (κ1) is 30.7. The molecule has 0 saturated carbocycles. The van der Waals surface area contributed by atoms with Crippen molar-refractivity contribution in [3.63, 3.8) is 0 Å². The van der Waals surface area contributed by atoms with Crippen LogP contribution in [0.15, 0.2) is 70.9 Å². The first-order valence-corrected chi connectivity index (χ1v) is 13.9. The minimum Gasteiger partial charge on any atom is -0.468 e. The number of urea groups is 1. The van der Waals surface area contributed by atoms with Crippen molar-refractivity contribution in [1.29, 1.82) is 0 Å². The lowest BCUT2D eigenvalue weighted by Crippen LogP contribution is -2.50. The Kier molecular flexibility index (Phi) is 9.95. The molecule has 2 aliphatic heterocycles. The average Bonchev–Trinajstić information content (AvgIpc) is 3.02. The van der Waals surface area contributed by atoms with Crippen molar-refractivity contribution in [2.24, 2.45) is 4.99 Å². The monoisotopic (exact) mass is 580 g/mol. The molecule has 42 heavy (non-hydrogen) atoms. The second kappa shape index (κ2) is 13.6. The smallest absolute Gasteiger partial charge is 0.338 e. The highest BCUT2D eigenvalue weighted by molar-refractivity contribution is 6.00. The molecule has 0 aromatic heterocycles. The molecule has 1 atom stereocenters. The highest BCUT2D eigenvalue weighted by Crippen LogP contribution is 2.38. The number of amides is 2. The zero-order valence-electron chi connectivity index (χ0n) is 24.4. The van der Waals surface area contributed by atoms with Crippen LogP contribution < -0.4 is 5.32 Å². The van der Waals surface area contributed by atoms with Crippen LogP contribution in [0.4, 0.5) is 9.18 Å². The van der Waals surface area contributed by atoms with Crippen molar-refractivity contribution in [3.8, 4) is 0 Å². The number of ether oxygens (including phenoxy) is 3. The number of esters is 2. The molecule has 224 valence electrons. The predicted molar refractivity (Wildman–Crippen MR) is 154 cm³/mol. The Morgan fingerprint density at radius 2 is 1.74 bits per heavy atom. The van der Waals surface area contributed by atoms with Crippen molar-refractivity contribution in [2.45, 2.75) is 37.6 Å². The number of likely N-dealkylation sites (tertiary alicyclic amines) is 1. The van der Waals surface area contributed by atoms with Gasteiger partial charge in [0.2, 0.25) is 0 Å². The molecule has 1 saturated heterocycles. The molecule has 2 heterocycles. The van der Waals surface area contributed by atoms with Crippen LogP contribution in [0.3, 0.4) is 0 Å². The van der Waals surface area contributed by atoms with Gasteiger partial charge in [-0.15, -0.1) is 0 Å². The summed E-state index contributed by atoms with van der Waals surface area (Å²) in [5.74, 6) is -1.41. The molecule has 0 bridgehead atoms. The van der Waals surface area contributed by atoms with E-state index < -0.39 is 29.3 Å². The number of methoxy groups -OCH3 is 3. The second-order valence-electron chi connectivity index (χ2n) is 10.3. The summed E-state index contributed by atoms with van der Waals surface area (Å²) in [6.07, 6.45) is 1.91. The molecule has 1 unspecified atom stereocenters. The largest absolute Gasteiger partial charge is 0.468 e. The minimum atomic E-state index is -1.01. The van der Waals surface area contributed by atoms with E-state index in [9.17, 15) is 18.8 Å². The highest BCUT2D eigenvalue weighted by atomic mass is 19.1. The molecule has 1 N–H and O–H groups in total. The van der Waals surface area contributed by atoms with Gasteiger partial charge in [-0.05, 0) is 69.1 Å². The fourth-order valence-electron chi connectivity index (χ4n) is 5.71. The maximum atomic E-state index is 14.2. The summed E-state index contributed by atoms with van der Waals surface area (Å²) in [5, 5.41) is 2.89. The van der Waals surface area contributed by atoms with Gasteiger partial charge in [0.15, 0.2) is 0 Å². The highest BCUT2D eigenvalue weighted by Gasteiger charge is 2.44. The zero-order valence-corrected chi connectivity index (χ0v) is 24.4. The van der Waals surface area contributed by atoms with Gasteiger partial charge >= 0.3 is 24.0 Å². The number of aliphatic imine (C=N–C) groups is 1. The SMILES string of the molecule is COC(=O)C1=C(C)N=C(OC)N(C(=O)NCCCN2CCC(C(=O)OC)(c3ccccc3)CC2)C1c1cccc(F)c1. The van der Waals surface area contributed by atoms with E-state index in [4.69, 9.17) is 14.2 Å². The first-order chi connectivity index (χ1) is 20.2. The second-order valence-corrected chi connectivity index (χ2v) is 10.3. The normalized spacial score (nSPS) is 18.6. The van der Waals surface area contributed by atoms with E-state index in [1.165, 1.54) is 44.4 Å². The fourth-order valence-corrected chi connectivity index (χ4v) is 5.71. The molecule has 11 heteroatoms. The molecule has 2 amide bonds. The summed E-state index contributed by atoms with van der Waals surface area (Å²) in [6, 6.07) is 13.8. The van der Waals surface area contributed by atoms with Gasteiger partial charge in [0, 0.05) is 6.54 Å². The van der Waals surface area contributed by atoms with Crippen molar-refractivity contribution < 1.29 is 33.0 Å². The predicted octanol–water partition coefficient (Wildman–Crippen LogP) is 3.94. The van der Waals surface area contributed by atoms with E-state index in [1.807, 2.05) is 30.3 Å². The Hall–Kier alpha value is -4.25. The maximum Gasteiger partial charge on any atom is 0.338 e. The van der Waals surface area contributed by atoms with Crippen LogP contribution >= 0.6 is 0 Å². The van der Waals surface area contributed by atoms with Gasteiger partial charge in [0.1, 0.15) is 11.9 Å². The fraction of sp³-hybridized carbons (Fsp3) is 0.419. The van der Waals surface area contributed by atoms with Gasteiger partial charge in [-0.1, -0.05) is 42.5 Å². The maximum absolute atomic E-state index is 14.2. The van der Waals surface area contributed by atoms with Gasteiger partial charge in [-0.2, -0.15) is 0 Å². The number of nitrogens with one attached hydrogen (secondary N) is 1. The topological polar surface area (TPSA) is 110 Å². The summed E-state index contributed by atoms with van der Waals surface area (Å²) in [4.78, 5) is 46.9. The van der Waals surface area contributed by atoms with Crippen molar-refractivity contribution in [2.75, 3.05) is 47.5 Å². The molecule has 0 aliphatic carbocycles. The summed E-state index contributed by atoms with van der Waals surface area (Å²) in [6.45, 7) is 4.06. The first-order valence-electron chi connectivity index (χ1n) is 13.9. The van der Waals surface area contributed by atoms with Crippen LogP contribution in [0.5, 0.6) is 0 Å². The molecular weight excluding hydrogens is 543 g/mol. The zero-order chi connectivity index (χ0) is 30.3. The molecule has 2 aromatic carbocycles. The Balaban J connectivity index is 1.41. The summed E-state index contributed by atoms with van der Waals surface area (Å²) < 4.78 is 29.8. The van der Waals surface area contributed by atoms with E-state index in [-0.39, 0.29) is 17.6 Å². The van der Waals surface area contributed by atoms with Crippen LogP contribution in [0, 0.1) is 5.82 Å². The minimum absolute atomic E-state index is 0.0250. The molecule has 4 rings (SSSR count). The number of rotatable bonds is 8. The van der Waals surface area contributed by atoms with Crippen LogP contribution in [0.1, 0.15) is 43.4 Å². The summed E-state index contributed by atoms with van der Waals surface area (Å²) in [5.41, 5.74) is 1.08. The Morgan fingerprint density at radius 1 is 1.02 bits per heavy atom. The molecule has 0 radical (unpaired) electrons. The van der Waals surface area contributed by atoms with E-state index >= 15 is 0 Å². The Morgan fingerprint density at radius 3 is 2.36 bits per heavy atom. The quantitative estimate of drug-likeness (QED) is 0.372. The Bertz CT molecular complexity index is 1350. The van der Waals surface area contributed by atoms with Crippen LogP contribution in [-0.2, 0) is 29.2 Å². The molecule has 2 aliphatic rings. The van der Waals surface area contributed by atoms with E-state index in [2.05, 4.69) is 15.2 Å². The molecule has 10 nitrogen and oxygen atoms in total. The van der Waals surface area contributed by atoms with E-state index in [0.29, 0.717) is 56.7 Å². The summed E-state index contributed by atoms with van der Waals surface area (Å²) >= 11 is 0. The van der Waals surface area contributed by atoms with Crippen LogP contribution in [-0.4, -0.2) is 81.3 Å². The number of hydrogen-bond donors (Lipinski definition) is 1.